The third-order valence-corrected chi connectivity index (χ3v) is 2.72. The Morgan fingerprint density at radius 2 is 2.12 bits per heavy atom. The molecule has 3 nitrogen and oxygen atoms in total. The highest BCUT2D eigenvalue weighted by Crippen LogP contribution is 2.44. The molecule has 88 valence electrons. The lowest BCUT2D eigenvalue weighted by atomic mass is 10.1. The van der Waals surface area contributed by atoms with Crippen LogP contribution in [0.5, 0.6) is 0 Å². The molecule has 0 atom stereocenters. The molecule has 1 heterocycles. The highest BCUT2D eigenvalue weighted by molar-refractivity contribution is 5.27. The average molecular weight is 231 g/mol. The van der Waals surface area contributed by atoms with Crippen molar-refractivity contribution in [1.29, 1.82) is 0 Å². The highest BCUT2D eigenvalue weighted by atomic mass is 19.4. The van der Waals surface area contributed by atoms with Crippen molar-refractivity contribution in [3.8, 4) is 0 Å². The fourth-order valence-electron chi connectivity index (χ4n) is 1.28. The summed E-state index contributed by atoms with van der Waals surface area (Å²) in [5.41, 5.74) is -0.705. The fraction of sp³-hybridized carbons (Fsp3) is 0.600. The Balaban J connectivity index is 2.04. The number of hydrogen-bond acceptors (Lipinski definition) is 3. The van der Waals surface area contributed by atoms with Gasteiger partial charge in [0, 0.05) is 12.7 Å². The summed E-state index contributed by atoms with van der Waals surface area (Å²) in [5, 5.41) is 2.84. The van der Waals surface area contributed by atoms with Gasteiger partial charge in [-0.3, -0.25) is 0 Å². The van der Waals surface area contributed by atoms with Gasteiger partial charge in [0.15, 0.2) is 0 Å². The molecule has 1 aromatic heterocycles. The predicted octanol–water partition coefficient (Wildman–Crippen LogP) is 2.71. The molecule has 0 saturated heterocycles. The van der Waals surface area contributed by atoms with E-state index < -0.39 is 11.9 Å². The zero-order chi connectivity index (χ0) is 11.8. The van der Waals surface area contributed by atoms with Crippen molar-refractivity contribution in [3.05, 3.63) is 18.0 Å². The topological polar surface area (TPSA) is 37.8 Å². The molecule has 1 aromatic rings. The first-order valence-electron chi connectivity index (χ1n) is 5.03. The summed E-state index contributed by atoms with van der Waals surface area (Å²) >= 11 is 0. The monoisotopic (exact) mass is 231 g/mol. The van der Waals surface area contributed by atoms with Crippen molar-refractivity contribution in [2.24, 2.45) is 5.41 Å². The molecule has 1 saturated carbocycles. The number of aromatic nitrogens is 2. The van der Waals surface area contributed by atoms with Gasteiger partial charge in [0.1, 0.15) is 5.69 Å². The largest absolute Gasteiger partial charge is 0.433 e. The van der Waals surface area contributed by atoms with E-state index in [2.05, 4.69) is 22.2 Å². The summed E-state index contributed by atoms with van der Waals surface area (Å²) in [4.78, 5) is 7.19. The van der Waals surface area contributed by atoms with Crippen LogP contribution in [0.4, 0.5) is 19.1 Å². The van der Waals surface area contributed by atoms with Crippen LogP contribution in [0.15, 0.2) is 12.3 Å². The van der Waals surface area contributed by atoms with Gasteiger partial charge in [-0.25, -0.2) is 9.97 Å². The van der Waals surface area contributed by atoms with E-state index >= 15 is 0 Å². The summed E-state index contributed by atoms with van der Waals surface area (Å²) in [6.07, 6.45) is -1.10. The summed E-state index contributed by atoms with van der Waals surface area (Å²) < 4.78 is 37.0. The van der Waals surface area contributed by atoms with E-state index in [0.29, 0.717) is 6.54 Å². The molecule has 1 fully saturated rings. The molecule has 0 bridgehead atoms. The van der Waals surface area contributed by atoms with Crippen LogP contribution in [0.25, 0.3) is 0 Å². The van der Waals surface area contributed by atoms with E-state index in [1.165, 1.54) is 0 Å². The smallest absolute Gasteiger partial charge is 0.354 e. The van der Waals surface area contributed by atoms with Crippen LogP contribution in [0.1, 0.15) is 25.5 Å². The van der Waals surface area contributed by atoms with Gasteiger partial charge >= 0.3 is 6.18 Å². The third-order valence-electron chi connectivity index (χ3n) is 2.72. The van der Waals surface area contributed by atoms with E-state index in [9.17, 15) is 13.2 Å². The minimum atomic E-state index is -4.41. The lowest BCUT2D eigenvalue weighted by Gasteiger charge is -2.11. The Hall–Kier alpha value is -1.33. The van der Waals surface area contributed by atoms with E-state index in [0.717, 1.165) is 25.1 Å². The molecule has 0 aliphatic heterocycles. The Kier molecular flexibility index (Phi) is 2.52. The van der Waals surface area contributed by atoms with E-state index in [1.807, 2.05) is 0 Å². The van der Waals surface area contributed by atoms with Gasteiger partial charge in [0.05, 0.1) is 0 Å². The van der Waals surface area contributed by atoms with E-state index in [4.69, 9.17) is 0 Å². The number of anilines is 1. The van der Waals surface area contributed by atoms with Crippen LogP contribution in [0.3, 0.4) is 0 Å². The molecular weight excluding hydrogens is 219 g/mol. The third kappa shape index (κ3) is 2.62. The summed E-state index contributed by atoms with van der Waals surface area (Å²) in [7, 11) is 0. The number of nitrogens with zero attached hydrogens (tertiary/aromatic N) is 2. The van der Waals surface area contributed by atoms with Crippen molar-refractivity contribution in [1.82, 2.24) is 9.97 Å². The zero-order valence-corrected chi connectivity index (χ0v) is 8.80. The van der Waals surface area contributed by atoms with E-state index in [-0.39, 0.29) is 11.4 Å². The van der Waals surface area contributed by atoms with Crippen molar-refractivity contribution < 1.29 is 13.2 Å². The zero-order valence-electron chi connectivity index (χ0n) is 8.80. The van der Waals surface area contributed by atoms with Crippen molar-refractivity contribution in [3.63, 3.8) is 0 Å². The van der Waals surface area contributed by atoms with Gasteiger partial charge in [-0.2, -0.15) is 13.2 Å². The molecule has 1 aliphatic rings. The maximum atomic E-state index is 12.3. The molecule has 1 N–H and O–H groups in total. The molecule has 0 aromatic carbocycles. The van der Waals surface area contributed by atoms with Gasteiger partial charge in [-0.15, -0.1) is 0 Å². The molecule has 2 rings (SSSR count). The highest BCUT2D eigenvalue weighted by Gasteiger charge is 2.37. The maximum absolute atomic E-state index is 12.3. The van der Waals surface area contributed by atoms with Crippen molar-refractivity contribution in [2.45, 2.75) is 25.9 Å². The number of nitrogens with one attached hydrogen (secondary N) is 1. The van der Waals surface area contributed by atoms with Crippen LogP contribution < -0.4 is 5.32 Å². The average Bonchev–Trinajstić information content (AvgIpc) is 2.94. The lowest BCUT2D eigenvalue weighted by Crippen LogP contribution is -2.16. The summed E-state index contributed by atoms with van der Waals surface area (Å²) in [5.74, 6) is 0.0444. The van der Waals surface area contributed by atoms with Gasteiger partial charge in [-0.1, -0.05) is 6.92 Å². The lowest BCUT2D eigenvalue weighted by molar-refractivity contribution is -0.141. The quantitative estimate of drug-likeness (QED) is 0.869. The molecule has 0 radical (unpaired) electrons. The van der Waals surface area contributed by atoms with Crippen LogP contribution >= 0.6 is 0 Å². The SMILES string of the molecule is CC1(CNc2nccc(C(F)(F)F)n2)CC1. The molecular formula is C10H12F3N3. The first-order chi connectivity index (χ1) is 7.39. The van der Waals surface area contributed by atoms with Gasteiger partial charge in [-0.05, 0) is 24.3 Å². The second-order valence-corrected chi connectivity index (χ2v) is 4.43. The normalized spacial score (nSPS) is 18.2. The Labute approximate surface area is 91.1 Å². The molecule has 16 heavy (non-hydrogen) atoms. The Morgan fingerprint density at radius 1 is 1.44 bits per heavy atom. The van der Waals surface area contributed by atoms with Crippen LogP contribution in [-0.2, 0) is 6.18 Å². The first-order valence-corrected chi connectivity index (χ1v) is 5.03. The minimum Gasteiger partial charge on any atom is -0.354 e. The van der Waals surface area contributed by atoms with Crippen LogP contribution in [0.2, 0.25) is 0 Å². The first kappa shape index (κ1) is 11.2. The molecule has 0 amide bonds. The molecule has 0 unspecified atom stereocenters. The van der Waals surface area contributed by atoms with Crippen LogP contribution in [0, 0.1) is 5.41 Å². The van der Waals surface area contributed by atoms with Gasteiger partial charge < -0.3 is 5.32 Å². The number of hydrogen-bond donors (Lipinski definition) is 1. The number of halogens is 3. The van der Waals surface area contributed by atoms with Crippen LogP contribution in [-0.4, -0.2) is 16.5 Å². The van der Waals surface area contributed by atoms with Gasteiger partial charge in [0.2, 0.25) is 5.95 Å². The van der Waals surface area contributed by atoms with Gasteiger partial charge in [0.25, 0.3) is 0 Å². The maximum Gasteiger partial charge on any atom is 0.433 e. The van der Waals surface area contributed by atoms with Crippen molar-refractivity contribution >= 4 is 5.95 Å². The number of rotatable bonds is 3. The summed E-state index contributed by atoms with van der Waals surface area (Å²) in [6, 6.07) is 0.865. The summed E-state index contributed by atoms with van der Waals surface area (Å²) in [6.45, 7) is 2.70. The Morgan fingerprint density at radius 3 is 2.69 bits per heavy atom. The van der Waals surface area contributed by atoms with Crippen molar-refractivity contribution in [2.75, 3.05) is 11.9 Å². The Bertz CT molecular complexity index is 385. The second kappa shape index (κ2) is 3.61. The van der Waals surface area contributed by atoms with E-state index in [1.54, 1.807) is 0 Å². The molecule has 0 spiro atoms. The molecule has 1 aliphatic carbocycles. The minimum absolute atomic E-state index is 0.0444. The second-order valence-electron chi connectivity index (χ2n) is 4.43. The fourth-order valence-corrected chi connectivity index (χ4v) is 1.28. The standard InChI is InChI=1S/C10H12F3N3/c1-9(3-4-9)6-15-8-14-5-2-7(16-8)10(11,12)13/h2,5H,3-4,6H2,1H3,(H,14,15,16). The predicted molar refractivity (Wildman–Crippen MR) is 52.9 cm³/mol. The molecule has 6 heteroatoms. The number of alkyl halides is 3.